The van der Waals surface area contributed by atoms with Crippen LogP contribution in [0.15, 0.2) is 0 Å². The van der Waals surface area contributed by atoms with E-state index in [4.69, 9.17) is 4.74 Å². The third kappa shape index (κ3) is 1.75. The molecule has 2 rings (SSSR count). The number of nitrogens with zero attached hydrogens (tertiary/aromatic N) is 1. The average Bonchev–Trinajstić information content (AvgIpc) is 2.56. The maximum atomic E-state index is 11.5. The summed E-state index contributed by atoms with van der Waals surface area (Å²) in [6.45, 7) is 3.15. The quantitative estimate of drug-likeness (QED) is 0.606. The summed E-state index contributed by atoms with van der Waals surface area (Å²) in [6.07, 6.45) is 2.73. The molecular formula is C10H20NO2S+. The van der Waals surface area contributed by atoms with Crippen molar-refractivity contribution in [2.75, 3.05) is 26.4 Å². The van der Waals surface area contributed by atoms with Gasteiger partial charge in [0.2, 0.25) is 0 Å². The van der Waals surface area contributed by atoms with E-state index in [0.29, 0.717) is 6.04 Å². The van der Waals surface area contributed by atoms with Crippen LogP contribution in [0.5, 0.6) is 0 Å². The highest BCUT2D eigenvalue weighted by Gasteiger charge is 2.45. The Hall–Kier alpha value is 0.0700. The molecule has 2 heterocycles. The average molecular weight is 218 g/mol. The van der Waals surface area contributed by atoms with Gasteiger partial charge in [-0.3, -0.25) is 4.21 Å². The molecule has 3 nitrogen and oxygen atoms in total. The van der Waals surface area contributed by atoms with Crippen LogP contribution in [-0.4, -0.2) is 52.7 Å². The van der Waals surface area contributed by atoms with Gasteiger partial charge in [0.25, 0.3) is 0 Å². The summed E-state index contributed by atoms with van der Waals surface area (Å²) in [6, 6.07) is 0.559. The molecule has 1 unspecified atom stereocenters. The zero-order valence-corrected chi connectivity index (χ0v) is 10.0. The highest BCUT2D eigenvalue weighted by Crippen LogP contribution is 2.30. The first kappa shape index (κ1) is 10.6. The van der Waals surface area contributed by atoms with Crippen LogP contribution in [0.4, 0.5) is 0 Å². The summed E-state index contributed by atoms with van der Waals surface area (Å²) in [5.41, 5.74) is -0.0550. The van der Waals surface area contributed by atoms with Gasteiger partial charge in [0, 0.05) is 12.8 Å². The molecule has 2 aliphatic rings. The molecule has 0 aromatic heterocycles. The van der Waals surface area contributed by atoms with E-state index in [1.807, 2.05) is 6.92 Å². The fourth-order valence-electron chi connectivity index (χ4n) is 2.71. The minimum absolute atomic E-state index is 0.0550. The van der Waals surface area contributed by atoms with Crippen molar-refractivity contribution in [1.82, 2.24) is 0 Å². The van der Waals surface area contributed by atoms with Crippen molar-refractivity contribution >= 4 is 10.8 Å². The molecule has 0 bridgehead atoms. The van der Waals surface area contributed by atoms with Gasteiger partial charge in [-0.25, -0.2) is 0 Å². The number of likely N-dealkylation sites (tertiary alicyclic amines) is 1. The van der Waals surface area contributed by atoms with Crippen LogP contribution in [0.1, 0.15) is 19.8 Å². The minimum Gasteiger partial charge on any atom is -0.355 e. The second-order valence-corrected chi connectivity index (χ2v) is 6.76. The standard InChI is InChI=1S/C10H20NO2S/c1-8-13-10(7-14(8)12)9-5-4-6-11(9,2)3/h8-10H,4-7H2,1-3H3/q+1/t8-,9+,10+,14?/m1/s1. The van der Waals surface area contributed by atoms with Crippen molar-refractivity contribution in [1.29, 1.82) is 0 Å². The molecule has 0 N–H and O–H groups in total. The number of quaternary nitrogens is 1. The number of hydrogen-bond acceptors (Lipinski definition) is 2. The Bertz CT molecular complexity index is 255. The van der Waals surface area contributed by atoms with Crippen molar-refractivity contribution in [2.45, 2.75) is 37.3 Å². The second-order valence-electron chi connectivity index (χ2n) is 5.00. The summed E-state index contributed by atoms with van der Waals surface area (Å²) in [5.74, 6) is 0.744. The lowest BCUT2D eigenvalue weighted by Crippen LogP contribution is -2.50. The SMILES string of the molecule is C[C@@H]1O[C@H]([C@@H]2CCC[N+]2(C)C)CS1=O. The minimum atomic E-state index is -0.759. The Morgan fingerprint density at radius 2 is 2.14 bits per heavy atom. The first-order chi connectivity index (χ1) is 6.50. The van der Waals surface area contributed by atoms with Crippen LogP contribution in [-0.2, 0) is 15.5 Å². The van der Waals surface area contributed by atoms with Gasteiger partial charge in [-0.15, -0.1) is 0 Å². The van der Waals surface area contributed by atoms with Crippen molar-refractivity contribution in [3.05, 3.63) is 0 Å². The lowest BCUT2D eigenvalue weighted by Gasteiger charge is -2.34. The van der Waals surface area contributed by atoms with Gasteiger partial charge in [-0.2, -0.15) is 0 Å². The topological polar surface area (TPSA) is 26.3 Å². The van der Waals surface area contributed by atoms with Gasteiger partial charge in [-0.05, 0) is 6.92 Å². The Balaban J connectivity index is 2.06. The molecule has 82 valence electrons. The van der Waals surface area contributed by atoms with E-state index in [9.17, 15) is 4.21 Å². The Kier molecular flexibility index (Phi) is 2.70. The highest BCUT2D eigenvalue weighted by atomic mass is 32.2. The van der Waals surface area contributed by atoms with Crippen molar-refractivity contribution in [3.8, 4) is 0 Å². The van der Waals surface area contributed by atoms with Crippen LogP contribution in [0.2, 0.25) is 0 Å². The monoisotopic (exact) mass is 218 g/mol. The lowest BCUT2D eigenvalue weighted by molar-refractivity contribution is -0.905. The van der Waals surface area contributed by atoms with Gasteiger partial charge in [-0.1, -0.05) is 0 Å². The first-order valence-corrected chi connectivity index (χ1v) is 6.74. The smallest absolute Gasteiger partial charge is 0.130 e. The summed E-state index contributed by atoms with van der Waals surface area (Å²) in [5, 5.41) is 0. The zero-order valence-electron chi connectivity index (χ0n) is 9.23. The van der Waals surface area contributed by atoms with Crippen molar-refractivity contribution < 1.29 is 13.4 Å². The molecule has 2 fully saturated rings. The lowest BCUT2D eigenvalue weighted by atomic mass is 10.1. The molecule has 4 heteroatoms. The largest absolute Gasteiger partial charge is 0.355 e. The summed E-state index contributed by atoms with van der Waals surface area (Å²) < 4.78 is 18.3. The van der Waals surface area contributed by atoms with Gasteiger partial charge >= 0.3 is 0 Å². The Morgan fingerprint density at radius 3 is 2.57 bits per heavy atom. The van der Waals surface area contributed by atoms with Crippen LogP contribution in [0.25, 0.3) is 0 Å². The first-order valence-electron chi connectivity index (χ1n) is 5.36. The molecule has 0 amide bonds. The molecule has 0 aliphatic carbocycles. The van der Waals surface area contributed by atoms with E-state index in [1.54, 1.807) is 0 Å². The second kappa shape index (κ2) is 3.58. The Morgan fingerprint density at radius 1 is 1.43 bits per heavy atom. The highest BCUT2D eigenvalue weighted by molar-refractivity contribution is 7.85. The summed E-state index contributed by atoms with van der Waals surface area (Å²) in [4.78, 5) is 0. The maximum Gasteiger partial charge on any atom is 0.130 e. The molecule has 0 radical (unpaired) electrons. The van der Waals surface area contributed by atoms with Crippen molar-refractivity contribution in [2.24, 2.45) is 0 Å². The molecular weight excluding hydrogens is 198 g/mol. The molecule has 0 spiro atoms. The molecule has 2 saturated heterocycles. The fraction of sp³-hybridized carbons (Fsp3) is 1.00. The van der Waals surface area contributed by atoms with E-state index in [1.165, 1.54) is 19.4 Å². The number of hydrogen-bond donors (Lipinski definition) is 0. The molecule has 2 aliphatic heterocycles. The zero-order chi connectivity index (χ0) is 10.3. The van der Waals surface area contributed by atoms with E-state index in [-0.39, 0.29) is 11.5 Å². The molecule has 4 atom stereocenters. The molecule has 0 aromatic carbocycles. The summed E-state index contributed by atoms with van der Waals surface area (Å²) in [7, 11) is 3.75. The molecule has 14 heavy (non-hydrogen) atoms. The predicted octanol–water partition coefficient (Wildman–Crippen LogP) is 0.719. The van der Waals surface area contributed by atoms with Gasteiger partial charge in [0.05, 0.1) is 37.2 Å². The maximum absolute atomic E-state index is 11.5. The third-order valence-electron chi connectivity index (χ3n) is 3.63. The van der Waals surface area contributed by atoms with E-state index in [0.717, 1.165) is 10.2 Å². The van der Waals surface area contributed by atoms with Crippen LogP contribution in [0.3, 0.4) is 0 Å². The Labute approximate surface area is 88.5 Å². The predicted molar refractivity (Wildman–Crippen MR) is 57.3 cm³/mol. The van der Waals surface area contributed by atoms with Crippen molar-refractivity contribution in [3.63, 3.8) is 0 Å². The number of rotatable bonds is 1. The number of ether oxygens (including phenoxy) is 1. The molecule has 0 saturated carbocycles. The van der Waals surface area contributed by atoms with Gasteiger partial charge < -0.3 is 9.22 Å². The van der Waals surface area contributed by atoms with E-state index < -0.39 is 10.8 Å². The van der Waals surface area contributed by atoms with E-state index >= 15 is 0 Å². The van der Waals surface area contributed by atoms with Crippen LogP contribution >= 0.6 is 0 Å². The van der Waals surface area contributed by atoms with Crippen LogP contribution < -0.4 is 0 Å². The van der Waals surface area contributed by atoms with Gasteiger partial charge in [0.15, 0.2) is 0 Å². The summed E-state index contributed by atoms with van der Waals surface area (Å²) >= 11 is 0. The van der Waals surface area contributed by atoms with Gasteiger partial charge in [0.1, 0.15) is 17.6 Å². The van der Waals surface area contributed by atoms with E-state index in [2.05, 4.69) is 14.1 Å². The fourth-order valence-corrected chi connectivity index (χ4v) is 3.87. The third-order valence-corrected chi connectivity index (χ3v) is 5.14. The van der Waals surface area contributed by atoms with Crippen LogP contribution in [0, 0.1) is 0 Å². The molecule has 0 aromatic rings. The normalized spacial score (nSPS) is 47.1. The number of likely N-dealkylation sites (N-methyl/N-ethyl adjacent to an activating group) is 1.